The first-order valence-electron chi connectivity index (χ1n) is 3.40. The summed E-state index contributed by atoms with van der Waals surface area (Å²) in [7, 11) is 2.19. The van der Waals surface area contributed by atoms with Crippen LogP contribution in [0.15, 0.2) is 0 Å². The molecule has 1 fully saturated rings. The van der Waals surface area contributed by atoms with Crippen LogP contribution in [0.1, 0.15) is 19.3 Å². The minimum absolute atomic E-state index is 1.26. The predicted octanol–water partition coefficient (Wildman–Crippen LogP) is 1.31. The lowest BCUT2D eigenvalue weighted by Crippen LogP contribution is -2.18. The first-order chi connectivity index (χ1) is 3.89. The van der Waals surface area contributed by atoms with E-state index in [1.807, 2.05) is 0 Å². The van der Waals surface area contributed by atoms with Crippen molar-refractivity contribution in [3.63, 3.8) is 0 Å². The molecule has 1 nitrogen and oxygen atoms in total. The van der Waals surface area contributed by atoms with Crippen molar-refractivity contribution in [2.75, 3.05) is 20.1 Å². The highest BCUT2D eigenvalue weighted by Gasteiger charge is 2.01. The van der Waals surface area contributed by atoms with E-state index in [2.05, 4.69) is 18.4 Å². The van der Waals surface area contributed by atoms with Crippen molar-refractivity contribution in [2.24, 2.45) is 0 Å². The summed E-state index contributed by atoms with van der Waals surface area (Å²) < 4.78 is 0. The van der Waals surface area contributed by atoms with Crippen LogP contribution < -0.4 is 0 Å². The Morgan fingerprint density at radius 2 is 2.12 bits per heavy atom. The molecule has 0 bridgehead atoms. The molecule has 1 heterocycles. The van der Waals surface area contributed by atoms with E-state index in [1.165, 1.54) is 32.4 Å². The first-order valence-corrected chi connectivity index (χ1v) is 3.40. The Labute approximate surface area is 51.7 Å². The zero-order valence-corrected chi connectivity index (χ0v) is 5.56. The third kappa shape index (κ3) is 1.83. The van der Waals surface area contributed by atoms with E-state index < -0.39 is 0 Å². The van der Waals surface area contributed by atoms with Gasteiger partial charge >= 0.3 is 0 Å². The maximum Gasteiger partial charge on any atom is -0.00190 e. The molecule has 0 aliphatic carbocycles. The summed E-state index contributed by atoms with van der Waals surface area (Å²) in [5.74, 6) is 0. The summed E-state index contributed by atoms with van der Waals surface area (Å²) in [5, 5.41) is 0. The van der Waals surface area contributed by atoms with Gasteiger partial charge in [0.25, 0.3) is 0 Å². The van der Waals surface area contributed by atoms with Crippen molar-refractivity contribution in [1.82, 2.24) is 4.90 Å². The second-order valence-corrected chi connectivity index (χ2v) is 2.52. The summed E-state index contributed by atoms with van der Waals surface area (Å²) >= 11 is 0. The smallest absolute Gasteiger partial charge is 0.00190 e. The van der Waals surface area contributed by atoms with E-state index in [0.29, 0.717) is 0 Å². The third-order valence-corrected chi connectivity index (χ3v) is 1.66. The van der Waals surface area contributed by atoms with Gasteiger partial charge in [-0.1, -0.05) is 0 Å². The van der Waals surface area contributed by atoms with Gasteiger partial charge in [-0.15, -0.1) is 0 Å². The van der Waals surface area contributed by atoms with E-state index in [9.17, 15) is 0 Å². The number of hydrogen-bond donors (Lipinski definition) is 0. The maximum absolute atomic E-state index is 2.39. The van der Waals surface area contributed by atoms with Crippen LogP contribution in [0.5, 0.6) is 0 Å². The molecule has 1 aliphatic heterocycles. The first kappa shape index (κ1) is 6.09. The van der Waals surface area contributed by atoms with Crippen LogP contribution in [0, 0.1) is 6.42 Å². The lowest BCUT2D eigenvalue weighted by atomic mass is 10.2. The van der Waals surface area contributed by atoms with Gasteiger partial charge in [0, 0.05) is 0 Å². The second-order valence-electron chi connectivity index (χ2n) is 2.52. The molecule has 1 rings (SSSR count). The molecule has 0 aromatic carbocycles. The highest BCUT2D eigenvalue weighted by Crippen LogP contribution is 2.05. The maximum atomic E-state index is 2.39. The largest absolute Gasteiger partial charge is 0.306 e. The molecule has 47 valence electrons. The quantitative estimate of drug-likeness (QED) is 0.456. The molecule has 0 amide bonds. The molecule has 0 spiro atoms. The topological polar surface area (TPSA) is 3.24 Å². The molecule has 1 heteroatoms. The number of rotatable bonds is 0. The van der Waals surface area contributed by atoms with Crippen LogP contribution in [0.3, 0.4) is 0 Å². The van der Waals surface area contributed by atoms with Gasteiger partial charge in [-0.3, -0.25) is 0 Å². The molecule has 8 heavy (non-hydrogen) atoms. The van der Waals surface area contributed by atoms with Crippen LogP contribution in [0.2, 0.25) is 0 Å². The summed E-state index contributed by atoms with van der Waals surface area (Å²) in [4.78, 5) is 2.39. The molecule has 0 saturated carbocycles. The van der Waals surface area contributed by atoms with Crippen LogP contribution in [0.25, 0.3) is 0 Å². The molecule has 0 aromatic rings. The molecule has 1 saturated heterocycles. The van der Waals surface area contributed by atoms with Gasteiger partial charge in [0.2, 0.25) is 0 Å². The molecule has 0 atom stereocenters. The van der Waals surface area contributed by atoms with Crippen molar-refractivity contribution in [1.29, 1.82) is 0 Å². The average molecular weight is 112 g/mol. The van der Waals surface area contributed by atoms with Gasteiger partial charge in [0.15, 0.2) is 0 Å². The second kappa shape index (κ2) is 3.08. The Morgan fingerprint density at radius 1 is 1.25 bits per heavy atom. The fourth-order valence-electron chi connectivity index (χ4n) is 1.07. The molecular weight excluding hydrogens is 98.1 g/mol. The normalized spacial score (nSPS) is 25.1. The Kier molecular flexibility index (Phi) is 2.34. The lowest BCUT2D eigenvalue weighted by Gasteiger charge is -2.10. The molecular formula is C7H14N. The Morgan fingerprint density at radius 3 is 3.00 bits per heavy atom. The summed E-state index contributed by atoms with van der Waals surface area (Å²) in [6.07, 6.45) is 6.36. The Hall–Kier alpha value is -0.0400. The van der Waals surface area contributed by atoms with Gasteiger partial charge in [0.05, 0.1) is 0 Å². The molecule has 0 N–H and O–H groups in total. The minimum Gasteiger partial charge on any atom is -0.306 e. The van der Waals surface area contributed by atoms with Gasteiger partial charge in [-0.25, -0.2) is 0 Å². The highest BCUT2D eigenvalue weighted by atomic mass is 15.1. The third-order valence-electron chi connectivity index (χ3n) is 1.66. The summed E-state index contributed by atoms with van der Waals surface area (Å²) in [6.45, 7) is 2.55. The van der Waals surface area contributed by atoms with Crippen LogP contribution >= 0.6 is 0 Å². The SMILES string of the molecule is CN1CC[CH]CCC1. The van der Waals surface area contributed by atoms with E-state index in [4.69, 9.17) is 0 Å². The van der Waals surface area contributed by atoms with E-state index in [0.717, 1.165) is 0 Å². The fraction of sp³-hybridized carbons (Fsp3) is 0.857. The highest BCUT2D eigenvalue weighted by molar-refractivity contribution is 4.71. The van der Waals surface area contributed by atoms with Gasteiger partial charge in [-0.2, -0.15) is 0 Å². The van der Waals surface area contributed by atoms with E-state index in [1.54, 1.807) is 0 Å². The van der Waals surface area contributed by atoms with Crippen LogP contribution in [-0.2, 0) is 0 Å². The van der Waals surface area contributed by atoms with Crippen molar-refractivity contribution < 1.29 is 0 Å². The Bertz CT molecular complexity index is 53.4. The van der Waals surface area contributed by atoms with Crippen molar-refractivity contribution in [2.45, 2.75) is 19.3 Å². The number of hydrogen-bond acceptors (Lipinski definition) is 1. The fourth-order valence-corrected chi connectivity index (χ4v) is 1.07. The standard InChI is InChI=1S/C7H14N/c1-8-6-4-2-3-5-7-8/h2H,3-7H2,1H3. The van der Waals surface area contributed by atoms with E-state index in [-0.39, 0.29) is 0 Å². The zero-order chi connectivity index (χ0) is 5.82. The van der Waals surface area contributed by atoms with Crippen molar-refractivity contribution in [3.8, 4) is 0 Å². The van der Waals surface area contributed by atoms with Crippen LogP contribution in [0.4, 0.5) is 0 Å². The molecule has 1 radical (unpaired) electrons. The average Bonchev–Trinajstić information content (AvgIpc) is 1.94. The molecule has 0 unspecified atom stereocenters. The Balaban J connectivity index is 2.17. The van der Waals surface area contributed by atoms with Crippen molar-refractivity contribution >= 4 is 0 Å². The van der Waals surface area contributed by atoms with Gasteiger partial charge in [-0.05, 0) is 45.8 Å². The van der Waals surface area contributed by atoms with E-state index >= 15 is 0 Å². The zero-order valence-electron chi connectivity index (χ0n) is 5.56. The van der Waals surface area contributed by atoms with Crippen molar-refractivity contribution in [3.05, 3.63) is 6.42 Å². The molecule has 1 aliphatic rings. The predicted molar refractivity (Wildman–Crippen MR) is 35.6 cm³/mol. The molecule has 0 aromatic heterocycles. The number of likely N-dealkylation sites (tertiary alicyclic amines) is 1. The lowest BCUT2D eigenvalue weighted by molar-refractivity contribution is 0.351. The number of nitrogens with zero attached hydrogens (tertiary/aromatic N) is 1. The minimum atomic E-state index is 1.26. The monoisotopic (exact) mass is 112 g/mol. The van der Waals surface area contributed by atoms with Gasteiger partial charge < -0.3 is 4.90 Å². The summed E-state index contributed by atoms with van der Waals surface area (Å²) in [6, 6.07) is 0. The van der Waals surface area contributed by atoms with Crippen LogP contribution in [-0.4, -0.2) is 25.0 Å². The summed E-state index contributed by atoms with van der Waals surface area (Å²) in [5.41, 5.74) is 0. The van der Waals surface area contributed by atoms with Gasteiger partial charge in [0.1, 0.15) is 0 Å².